The van der Waals surface area contributed by atoms with Crippen molar-refractivity contribution < 1.29 is 58.0 Å². The van der Waals surface area contributed by atoms with Crippen molar-refractivity contribution in [1.29, 1.82) is 0 Å². The lowest BCUT2D eigenvalue weighted by Gasteiger charge is -2.20. The lowest BCUT2D eigenvalue weighted by molar-refractivity contribution is -0.161. The van der Waals surface area contributed by atoms with Gasteiger partial charge in [-0.1, -0.05) is 114 Å². The number of phosphoric acid groups is 1. The molecule has 0 aromatic heterocycles. The number of rotatable bonds is 34. The molecule has 0 rings (SSSR count). The number of carbonyl (C=O) groups excluding carboxylic acids is 2. The quantitative estimate of drug-likeness (QED) is 0.0193. The van der Waals surface area contributed by atoms with Gasteiger partial charge in [-0.2, -0.15) is 0 Å². The summed E-state index contributed by atoms with van der Waals surface area (Å²) in [6, 6.07) is 0. The lowest BCUT2D eigenvalue weighted by atomic mass is 10.00. The van der Waals surface area contributed by atoms with Crippen molar-refractivity contribution in [2.75, 3.05) is 26.4 Å². The normalized spacial score (nSPS) is 16.4. The summed E-state index contributed by atoms with van der Waals surface area (Å²) in [5, 5.41) is 38.8. The highest BCUT2D eigenvalue weighted by atomic mass is 31.2. The van der Waals surface area contributed by atoms with E-state index < -0.39 is 70.6 Å². The van der Waals surface area contributed by atoms with E-state index in [1.54, 1.807) is 0 Å². The molecule has 0 fully saturated rings. The fourth-order valence-corrected chi connectivity index (χ4v) is 5.55. The Balaban J connectivity index is 4.63. The summed E-state index contributed by atoms with van der Waals surface area (Å²) in [7, 11) is -4.68. The molecule has 0 bridgehead atoms. The van der Waals surface area contributed by atoms with Crippen LogP contribution in [-0.4, -0.2) is 88.1 Å². The van der Waals surface area contributed by atoms with Crippen LogP contribution in [0.1, 0.15) is 130 Å². The maximum Gasteiger partial charge on any atom is 0.472 e. The van der Waals surface area contributed by atoms with Gasteiger partial charge in [-0.15, -0.1) is 0 Å². The zero-order valence-corrected chi connectivity index (χ0v) is 32.8. The van der Waals surface area contributed by atoms with E-state index in [-0.39, 0.29) is 32.1 Å². The van der Waals surface area contributed by atoms with Gasteiger partial charge in [-0.25, -0.2) is 4.57 Å². The fourth-order valence-electron chi connectivity index (χ4n) is 4.76. The Bertz CT molecular complexity index is 1060. The molecule has 0 amide bonds. The van der Waals surface area contributed by atoms with Crippen LogP contribution in [0.5, 0.6) is 0 Å². The Hall–Kier alpha value is -2.15. The Labute approximate surface area is 312 Å². The van der Waals surface area contributed by atoms with Crippen LogP contribution in [-0.2, 0) is 32.7 Å². The molecular weight excluding hydrogens is 691 g/mol. The van der Waals surface area contributed by atoms with E-state index in [0.29, 0.717) is 12.8 Å². The number of ether oxygens (including phenoxy) is 2. The van der Waals surface area contributed by atoms with Crippen molar-refractivity contribution in [3.8, 4) is 0 Å². The van der Waals surface area contributed by atoms with Gasteiger partial charge in [0.05, 0.1) is 32.0 Å². The van der Waals surface area contributed by atoms with Gasteiger partial charge in [-0.05, 0) is 57.3 Å². The summed E-state index contributed by atoms with van der Waals surface area (Å²) >= 11 is 0. The first-order valence-corrected chi connectivity index (χ1v) is 20.6. The van der Waals surface area contributed by atoms with Crippen LogP contribution in [0.25, 0.3) is 0 Å². The third kappa shape index (κ3) is 31.4. The summed E-state index contributed by atoms with van der Waals surface area (Å²) in [6.07, 6.45) is 24.3. The highest BCUT2D eigenvalue weighted by Gasteiger charge is 2.27. The van der Waals surface area contributed by atoms with Crippen LogP contribution in [0.4, 0.5) is 0 Å². The molecule has 6 atom stereocenters. The number of aliphatic hydroxyl groups is 4. The predicted molar refractivity (Wildman–Crippen MR) is 203 cm³/mol. The van der Waals surface area contributed by atoms with E-state index in [0.717, 1.165) is 50.9 Å². The molecule has 0 aromatic carbocycles. The minimum Gasteiger partial charge on any atom is -0.462 e. The van der Waals surface area contributed by atoms with Crippen LogP contribution in [0.2, 0.25) is 0 Å². The van der Waals surface area contributed by atoms with Crippen molar-refractivity contribution in [2.24, 2.45) is 5.92 Å². The van der Waals surface area contributed by atoms with Gasteiger partial charge in [-0.3, -0.25) is 18.6 Å². The Morgan fingerprint density at radius 1 is 0.673 bits per heavy atom. The Morgan fingerprint density at radius 2 is 1.23 bits per heavy atom. The molecule has 0 heterocycles. The van der Waals surface area contributed by atoms with Crippen LogP contribution >= 0.6 is 7.82 Å². The molecule has 0 saturated carbocycles. The molecule has 0 spiro atoms. The van der Waals surface area contributed by atoms with E-state index in [9.17, 15) is 34.4 Å². The second kappa shape index (κ2) is 33.4. The average Bonchev–Trinajstić information content (AvgIpc) is 3.12. The highest BCUT2D eigenvalue weighted by molar-refractivity contribution is 7.47. The van der Waals surface area contributed by atoms with Gasteiger partial charge in [0.25, 0.3) is 0 Å². The molecule has 0 radical (unpaired) electrons. The highest BCUT2D eigenvalue weighted by Crippen LogP contribution is 2.43. The number of hydrogen-bond donors (Lipinski definition) is 5. The Morgan fingerprint density at radius 3 is 1.85 bits per heavy atom. The first-order valence-electron chi connectivity index (χ1n) is 19.2. The van der Waals surface area contributed by atoms with Crippen LogP contribution in [0.3, 0.4) is 0 Å². The fraction of sp³-hybridized carbons (Fsp3) is 0.744. The van der Waals surface area contributed by atoms with Gasteiger partial charge in [0, 0.05) is 12.8 Å². The molecule has 52 heavy (non-hydrogen) atoms. The van der Waals surface area contributed by atoms with Crippen LogP contribution < -0.4 is 0 Å². The van der Waals surface area contributed by atoms with Crippen LogP contribution in [0.15, 0.2) is 48.6 Å². The maximum atomic E-state index is 12.5. The van der Waals surface area contributed by atoms with Crippen molar-refractivity contribution in [3.05, 3.63) is 48.6 Å². The average molecular weight is 761 g/mol. The molecular formula is C39H69O12P. The zero-order chi connectivity index (χ0) is 38.9. The van der Waals surface area contributed by atoms with Crippen molar-refractivity contribution in [3.63, 3.8) is 0 Å². The molecule has 0 aliphatic carbocycles. The number of allylic oxidation sites excluding steroid dienone is 7. The second-order valence-corrected chi connectivity index (χ2v) is 14.6. The summed E-state index contributed by atoms with van der Waals surface area (Å²) in [5.74, 6) is -0.482. The van der Waals surface area contributed by atoms with E-state index >= 15 is 0 Å². The number of hydrogen-bond acceptors (Lipinski definition) is 11. The largest absolute Gasteiger partial charge is 0.472 e. The summed E-state index contributed by atoms with van der Waals surface area (Å²) in [6.45, 7) is 4.14. The molecule has 0 aliphatic heterocycles. The summed E-state index contributed by atoms with van der Waals surface area (Å²) in [5.41, 5.74) is 0. The third-order valence-electron chi connectivity index (χ3n) is 8.24. The summed E-state index contributed by atoms with van der Waals surface area (Å²) < 4.78 is 32.4. The zero-order valence-electron chi connectivity index (χ0n) is 31.9. The monoisotopic (exact) mass is 760 g/mol. The number of carbonyl (C=O) groups is 2. The number of phosphoric ester groups is 1. The second-order valence-electron chi connectivity index (χ2n) is 13.1. The van der Waals surface area contributed by atoms with E-state index in [2.05, 4.69) is 55.7 Å². The lowest BCUT2D eigenvalue weighted by Crippen LogP contribution is -2.30. The van der Waals surface area contributed by atoms with Gasteiger partial charge in [0.15, 0.2) is 6.10 Å². The van der Waals surface area contributed by atoms with Crippen molar-refractivity contribution in [1.82, 2.24) is 0 Å². The van der Waals surface area contributed by atoms with E-state index in [4.69, 9.17) is 19.1 Å². The SMILES string of the molecule is CC/C=C\C/C=C\C/C=C\C/C=C\C[C@H](O)[C@@H](O)CCCC(=O)OC[C@H](COP(=O)(O)OC[C@@H](O)CO)OC(=O)CCCCCCCCC(C)CC. The molecule has 0 aliphatic rings. The maximum absolute atomic E-state index is 12.5. The number of aliphatic hydroxyl groups excluding tert-OH is 4. The third-order valence-corrected chi connectivity index (χ3v) is 9.19. The minimum atomic E-state index is -4.68. The van der Waals surface area contributed by atoms with Crippen molar-refractivity contribution in [2.45, 2.75) is 154 Å². The minimum absolute atomic E-state index is 0.0761. The van der Waals surface area contributed by atoms with E-state index in [1.165, 1.54) is 19.3 Å². The molecule has 0 saturated heterocycles. The van der Waals surface area contributed by atoms with E-state index in [1.807, 2.05) is 18.2 Å². The van der Waals surface area contributed by atoms with Gasteiger partial charge in [0.1, 0.15) is 12.7 Å². The van der Waals surface area contributed by atoms with Gasteiger partial charge < -0.3 is 34.8 Å². The topological polar surface area (TPSA) is 189 Å². The smallest absolute Gasteiger partial charge is 0.462 e. The van der Waals surface area contributed by atoms with Gasteiger partial charge in [0.2, 0.25) is 0 Å². The first kappa shape index (κ1) is 49.9. The molecule has 13 heteroatoms. The molecule has 302 valence electrons. The number of esters is 2. The predicted octanol–water partition coefficient (Wildman–Crippen LogP) is 7.18. The standard InChI is InChI=1S/C39H69O12P/c1-4-6-7-8-9-10-11-12-13-14-18-21-25-36(42)37(43)26-23-28-38(44)48-31-35(32-50-52(46,47)49-30-34(41)29-40)51-39(45)27-22-19-16-15-17-20-24-33(3)5-2/h6-7,9-10,12-13,18,21,33-37,40-43H,4-5,8,11,14-17,19-20,22-32H2,1-3H3,(H,46,47)/b7-6-,10-9-,13-12-,21-18-/t33?,34-,35+,36-,37-/m0/s1. The molecule has 2 unspecified atom stereocenters. The molecule has 12 nitrogen and oxygen atoms in total. The Kier molecular flexibility index (Phi) is 32.0. The van der Waals surface area contributed by atoms with Gasteiger partial charge >= 0.3 is 19.8 Å². The van der Waals surface area contributed by atoms with Crippen molar-refractivity contribution >= 4 is 19.8 Å². The van der Waals surface area contributed by atoms with Crippen LogP contribution in [0, 0.1) is 5.92 Å². The summed E-state index contributed by atoms with van der Waals surface area (Å²) in [4.78, 5) is 34.8. The number of unbranched alkanes of at least 4 members (excludes halogenated alkanes) is 5. The molecule has 0 aromatic rings. The molecule has 5 N–H and O–H groups in total. The first-order chi connectivity index (χ1) is 24.9.